The summed E-state index contributed by atoms with van der Waals surface area (Å²) < 4.78 is 0. The molecule has 2 N–H and O–H groups in total. The molecule has 0 aromatic heterocycles. The van der Waals surface area contributed by atoms with Crippen LogP contribution in [0, 0.1) is 5.92 Å². The highest BCUT2D eigenvalue weighted by Gasteiger charge is 2.24. The Labute approximate surface area is 123 Å². The Morgan fingerprint density at radius 2 is 1.90 bits per heavy atom. The van der Waals surface area contributed by atoms with Gasteiger partial charge in [0.1, 0.15) is 0 Å². The van der Waals surface area contributed by atoms with Crippen molar-refractivity contribution >= 4 is 23.6 Å². The number of rotatable bonds is 5. The highest BCUT2D eigenvalue weighted by atomic mass is 32.2. The Hall–Kier alpha value is -1.49. The van der Waals surface area contributed by atoms with Crippen molar-refractivity contribution in [1.29, 1.82) is 0 Å². The van der Waals surface area contributed by atoms with E-state index in [4.69, 9.17) is 0 Å². The van der Waals surface area contributed by atoms with Gasteiger partial charge in [0.25, 0.3) is 0 Å². The maximum absolute atomic E-state index is 12.0. The van der Waals surface area contributed by atoms with E-state index in [9.17, 15) is 14.7 Å². The van der Waals surface area contributed by atoms with Crippen LogP contribution in [-0.4, -0.2) is 28.5 Å². The molecule has 0 bridgehead atoms. The van der Waals surface area contributed by atoms with Crippen LogP contribution in [0.1, 0.15) is 30.9 Å². The minimum absolute atomic E-state index is 0.168. The Bertz CT molecular complexity index is 457. The topological polar surface area (TPSA) is 66.4 Å². The van der Waals surface area contributed by atoms with Crippen molar-refractivity contribution in [3.05, 3.63) is 35.9 Å². The van der Waals surface area contributed by atoms with Crippen LogP contribution < -0.4 is 5.32 Å². The lowest BCUT2D eigenvalue weighted by Gasteiger charge is -2.22. The zero-order valence-electron chi connectivity index (χ0n) is 11.2. The Morgan fingerprint density at radius 3 is 2.50 bits per heavy atom. The molecule has 2 rings (SSSR count). The number of carboxylic acids is 1. The molecule has 0 saturated carbocycles. The first-order valence-electron chi connectivity index (χ1n) is 6.81. The van der Waals surface area contributed by atoms with Crippen molar-refractivity contribution in [2.24, 2.45) is 5.92 Å². The average Bonchev–Trinajstić information content (AvgIpc) is 2.46. The van der Waals surface area contributed by atoms with Gasteiger partial charge in [-0.15, -0.1) is 0 Å². The summed E-state index contributed by atoms with van der Waals surface area (Å²) in [7, 11) is 0. The summed E-state index contributed by atoms with van der Waals surface area (Å²) in [5.74, 6) is 1.39. The molecule has 108 valence electrons. The van der Waals surface area contributed by atoms with Crippen LogP contribution >= 0.6 is 11.8 Å². The van der Waals surface area contributed by atoms with Gasteiger partial charge in [0.05, 0.1) is 0 Å². The molecule has 4 nitrogen and oxygen atoms in total. The molecule has 1 atom stereocenters. The molecule has 0 unspecified atom stereocenters. The molecule has 0 radical (unpaired) electrons. The molecule has 1 aromatic carbocycles. The van der Waals surface area contributed by atoms with Gasteiger partial charge in [-0.3, -0.25) is 4.79 Å². The van der Waals surface area contributed by atoms with E-state index in [1.165, 1.54) is 0 Å². The van der Waals surface area contributed by atoms with Crippen molar-refractivity contribution in [2.75, 3.05) is 11.5 Å². The number of nitrogens with one attached hydrogen (secondary N) is 1. The second-order valence-electron chi connectivity index (χ2n) is 5.01. The van der Waals surface area contributed by atoms with Crippen LogP contribution in [0.15, 0.2) is 30.3 Å². The smallest absolute Gasteiger partial charge is 0.330 e. The minimum atomic E-state index is -1.02. The number of hydrogen-bond acceptors (Lipinski definition) is 3. The number of amides is 1. The molecule has 1 amide bonds. The lowest BCUT2D eigenvalue weighted by Crippen LogP contribution is -2.35. The van der Waals surface area contributed by atoms with E-state index < -0.39 is 12.0 Å². The summed E-state index contributed by atoms with van der Waals surface area (Å²) >= 11 is 1.92. The van der Waals surface area contributed by atoms with Crippen LogP contribution in [0.5, 0.6) is 0 Å². The maximum atomic E-state index is 12.0. The van der Waals surface area contributed by atoms with Gasteiger partial charge in [0.15, 0.2) is 6.04 Å². The third kappa shape index (κ3) is 4.27. The Balaban J connectivity index is 1.94. The van der Waals surface area contributed by atoms with Crippen molar-refractivity contribution in [1.82, 2.24) is 5.32 Å². The van der Waals surface area contributed by atoms with Crippen LogP contribution in [0.4, 0.5) is 0 Å². The Kier molecular flexibility index (Phi) is 5.47. The SMILES string of the molecule is O=C(CC1CCSCC1)N[C@H](C(=O)O)c1ccccc1. The van der Waals surface area contributed by atoms with Crippen molar-refractivity contribution < 1.29 is 14.7 Å². The van der Waals surface area contributed by atoms with Crippen molar-refractivity contribution in [2.45, 2.75) is 25.3 Å². The van der Waals surface area contributed by atoms with Gasteiger partial charge in [0.2, 0.25) is 5.91 Å². The summed E-state index contributed by atoms with van der Waals surface area (Å²) in [6, 6.07) is 7.85. The number of carbonyl (C=O) groups is 2. The molecule has 1 saturated heterocycles. The standard InChI is InChI=1S/C15H19NO3S/c17-13(10-11-6-8-20-9-7-11)16-14(15(18)19)12-4-2-1-3-5-12/h1-5,11,14H,6-10H2,(H,16,17)(H,18,19)/t14-/m0/s1. The number of aliphatic carboxylic acids is 1. The quantitative estimate of drug-likeness (QED) is 0.875. The first kappa shape index (κ1) is 14.9. The van der Waals surface area contributed by atoms with E-state index in [0.717, 1.165) is 24.3 Å². The molecular weight excluding hydrogens is 274 g/mol. The van der Waals surface area contributed by atoms with Gasteiger partial charge in [0, 0.05) is 6.42 Å². The van der Waals surface area contributed by atoms with Gasteiger partial charge < -0.3 is 10.4 Å². The zero-order valence-corrected chi connectivity index (χ0v) is 12.1. The summed E-state index contributed by atoms with van der Waals surface area (Å²) in [6.07, 6.45) is 2.51. The molecule has 5 heteroatoms. The fourth-order valence-corrected chi connectivity index (χ4v) is 3.57. The first-order chi connectivity index (χ1) is 9.66. The van der Waals surface area contributed by atoms with Gasteiger partial charge >= 0.3 is 5.97 Å². The van der Waals surface area contributed by atoms with E-state index in [-0.39, 0.29) is 5.91 Å². The van der Waals surface area contributed by atoms with Crippen LogP contribution in [0.3, 0.4) is 0 Å². The predicted octanol–water partition coefficient (Wildman–Crippen LogP) is 2.46. The highest BCUT2D eigenvalue weighted by Crippen LogP contribution is 2.25. The van der Waals surface area contributed by atoms with E-state index in [1.807, 2.05) is 17.8 Å². The lowest BCUT2D eigenvalue weighted by molar-refractivity contribution is -0.142. The van der Waals surface area contributed by atoms with Crippen molar-refractivity contribution in [3.63, 3.8) is 0 Å². The second-order valence-corrected chi connectivity index (χ2v) is 6.23. The van der Waals surface area contributed by atoms with Gasteiger partial charge in [-0.1, -0.05) is 30.3 Å². The fraction of sp³-hybridized carbons (Fsp3) is 0.467. The van der Waals surface area contributed by atoms with Crippen LogP contribution in [0.25, 0.3) is 0 Å². The van der Waals surface area contributed by atoms with E-state index >= 15 is 0 Å². The van der Waals surface area contributed by atoms with E-state index in [1.54, 1.807) is 24.3 Å². The zero-order chi connectivity index (χ0) is 14.4. The third-order valence-corrected chi connectivity index (χ3v) is 4.55. The molecular formula is C15H19NO3S. The summed E-state index contributed by atoms with van der Waals surface area (Å²) in [6.45, 7) is 0. The first-order valence-corrected chi connectivity index (χ1v) is 7.97. The van der Waals surface area contributed by atoms with Crippen LogP contribution in [0.2, 0.25) is 0 Å². The lowest BCUT2D eigenvalue weighted by atomic mass is 9.98. The van der Waals surface area contributed by atoms with Gasteiger partial charge in [-0.05, 0) is 35.8 Å². The largest absolute Gasteiger partial charge is 0.479 e. The summed E-state index contributed by atoms with van der Waals surface area (Å²) in [5.41, 5.74) is 0.604. The molecule has 1 aliphatic rings. The summed E-state index contributed by atoms with van der Waals surface area (Å²) in [5, 5.41) is 11.9. The monoisotopic (exact) mass is 293 g/mol. The van der Waals surface area contributed by atoms with E-state index in [2.05, 4.69) is 5.32 Å². The number of carbonyl (C=O) groups excluding carboxylic acids is 1. The average molecular weight is 293 g/mol. The number of thioether (sulfide) groups is 1. The minimum Gasteiger partial charge on any atom is -0.479 e. The third-order valence-electron chi connectivity index (χ3n) is 3.50. The predicted molar refractivity (Wildman–Crippen MR) is 79.6 cm³/mol. The second kappa shape index (κ2) is 7.33. The summed E-state index contributed by atoms with van der Waals surface area (Å²) in [4.78, 5) is 23.3. The number of carboxylic acid groups (broad SMARTS) is 1. The maximum Gasteiger partial charge on any atom is 0.330 e. The highest BCUT2D eigenvalue weighted by molar-refractivity contribution is 7.99. The number of benzene rings is 1. The molecule has 1 aliphatic heterocycles. The fourth-order valence-electron chi connectivity index (χ4n) is 2.37. The van der Waals surface area contributed by atoms with Crippen molar-refractivity contribution in [3.8, 4) is 0 Å². The number of hydrogen-bond donors (Lipinski definition) is 2. The van der Waals surface area contributed by atoms with Crippen LogP contribution in [-0.2, 0) is 9.59 Å². The molecule has 20 heavy (non-hydrogen) atoms. The molecule has 1 fully saturated rings. The van der Waals surface area contributed by atoms with Gasteiger partial charge in [-0.25, -0.2) is 4.79 Å². The van der Waals surface area contributed by atoms with Gasteiger partial charge in [-0.2, -0.15) is 11.8 Å². The molecule has 0 aliphatic carbocycles. The Morgan fingerprint density at radius 1 is 1.25 bits per heavy atom. The molecule has 1 aromatic rings. The normalized spacial score (nSPS) is 17.4. The molecule has 0 spiro atoms. The molecule has 1 heterocycles. The van der Waals surface area contributed by atoms with E-state index in [0.29, 0.717) is 17.9 Å².